The Labute approximate surface area is 57.0 Å². The van der Waals surface area contributed by atoms with Gasteiger partial charge in [-0.3, -0.25) is 0 Å². The van der Waals surface area contributed by atoms with E-state index >= 15 is 0 Å². The highest BCUT2D eigenvalue weighted by Crippen LogP contribution is 2.32. The summed E-state index contributed by atoms with van der Waals surface area (Å²) < 4.78 is 0. The number of fused-ring (bicyclic) bond motifs is 2. The van der Waals surface area contributed by atoms with Gasteiger partial charge in [0.1, 0.15) is 0 Å². The zero-order chi connectivity index (χ0) is 6.27. The molecule has 0 saturated carbocycles. The number of nitrogens with zero attached hydrogens (tertiary/aromatic N) is 1. The van der Waals surface area contributed by atoms with E-state index in [1.807, 2.05) is 0 Å². The van der Waals surface area contributed by atoms with Crippen LogP contribution >= 0.6 is 0 Å². The molecule has 1 radical (unpaired) electrons. The molecule has 0 aromatic heterocycles. The summed E-state index contributed by atoms with van der Waals surface area (Å²) in [7, 11) is 2.26. The van der Waals surface area contributed by atoms with Gasteiger partial charge in [-0.25, -0.2) is 0 Å². The number of piperidine rings is 1. The number of hydrogen-bond acceptors (Lipinski definition) is 1. The van der Waals surface area contributed by atoms with Gasteiger partial charge < -0.3 is 4.90 Å². The molecule has 2 saturated heterocycles. The van der Waals surface area contributed by atoms with Crippen LogP contribution in [0.5, 0.6) is 0 Å². The van der Waals surface area contributed by atoms with Crippen LogP contribution in [0, 0.1) is 6.42 Å². The zero-order valence-corrected chi connectivity index (χ0v) is 6.01. The first-order valence-corrected chi connectivity index (χ1v) is 3.93. The Balaban J connectivity index is 2.10. The summed E-state index contributed by atoms with van der Waals surface area (Å²) >= 11 is 0. The van der Waals surface area contributed by atoms with Crippen LogP contribution in [0.25, 0.3) is 0 Å². The smallest absolute Gasteiger partial charge is 0.0127 e. The average molecular weight is 124 g/mol. The van der Waals surface area contributed by atoms with E-state index in [0.29, 0.717) is 0 Å². The van der Waals surface area contributed by atoms with Gasteiger partial charge in [0.25, 0.3) is 0 Å². The van der Waals surface area contributed by atoms with Gasteiger partial charge in [-0.15, -0.1) is 0 Å². The standard InChI is InChI=1S/C8H14N/c1-9-7-3-2-4-8(9)6-5-7/h5,7-8H,2-4,6H2,1H3. The fourth-order valence-corrected chi connectivity index (χ4v) is 2.12. The highest BCUT2D eigenvalue weighted by molar-refractivity contribution is 5.00. The Hall–Kier alpha value is -0.0400. The molecule has 1 nitrogen and oxygen atoms in total. The van der Waals surface area contributed by atoms with Crippen molar-refractivity contribution in [2.45, 2.75) is 37.8 Å². The van der Waals surface area contributed by atoms with Crippen LogP contribution in [-0.4, -0.2) is 24.0 Å². The van der Waals surface area contributed by atoms with E-state index in [1.165, 1.54) is 25.7 Å². The highest BCUT2D eigenvalue weighted by atomic mass is 15.2. The molecular weight excluding hydrogens is 110 g/mol. The Kier molecular flexibility index (Phi) is 1.26. The molecule has 2 aliphatic rings. The van der Waals surface area contributed by atoms with Crippen LogP contribution in [0.1, 0.15) is 25.7 Å². The van der Waals surface area contributed by atoms with Crippen molar-refractivity contribution >= 4 is 0 Å². The van der Waals surface area contributed by atoms with E-state index in [2.05, 4.69) is 18.4 Å². The van der Waals surface area contributed by atoms with Gasteiger partial charge >= 0.3 is 0 Å². The normalized spacial score (nSPS) is 43.7. The predicted molar refractivity (Wildman–Crippen MR) is 38.1 cm³/mol. The molecule has 2 fully saturated rings. The maximum absolute atomic E-state index is 2.53. The molecule has 0 aromatic rings. The number of hydrogen-bond donors (Lipinski definition) is 0. The van der Waals surface area contributed by atoms with Crippen molar-refractivity contribution in [2.24, 2.45) is 0 Å². The quantitative estimate of drug-likeness (QED) is 0.472. The minimum atomic E-state index is 0.837. The maximum Gasteiger partial charge on any atom is 0.0127 e. The molecule has 2 aliphatic heterocycles. The molecule has 1 heteroatoms. The summed E-state index contributed by atoms with van der Waals surface area (Å²) in [6.07, 6.45) is 8.13. The third kappa shape index (κ3) is 0.787. The molecule has 2 heterocycles. The van der Waals surface area contributed by atoms with E-state index in [0.717, 1.165) is 12.1 Å². The molecule has 0 spiro atoms. The minimum absolute atomic E-state index is 0.837. The molecule has 2 bridgehead atoms. The summed E-state index contributed by atoms with van der Waals surface area (Å²) in [6.45, 7) is 0. The summed E-state index contributed by atoms with van der Waals surface area (Å²) in [6, 6.07) is 1.74. The molecular formula is C8H14N. The van der Waals surface area contributed by atoms with E-state index in [9.17, 15) is 0 Å². The van der Waals surface area contributed by atoms with Crippen molar-refractivity contribution in [1.82, 2.24) is 4.90 Å². The fourth-order valence-electron chi connectivity index (χ4n) is 2.12. The Morgan fingerprint density at radius 1 is 1.44 bits per heavy atom. The van der Waals surface area contributed by atoms with Crippen LogP contribution in [0.4, 0.5) is 0 Å². The van der Waals surface area contributed by atoms with E-state index in [-0.39, 0.29) is 0 Å². The third-order valence-electron chi connectivity index (χ3n) is 2.82. The third-order valence-corrected chi connectivity index (χ3v) is 2.82. The molecule has 9 heavy (non-hydrogen) atoms. The lowest BCUT2D eigenvalue weighted by atomic mass is 10.0. The molecule has 0 aromatic carbocycles. The lowest BCUT2D eigenvalue weighted by Crippen LogP contribution is -2.35. The molecule has 2 unspecified atom stereocenters. The van der Waals surface area contributed by atoms with Crippen molar-refractivity contribution in [2.75, 3.05) is 7.05 Å². The lowest BCUT2D eigenvalue weighted by Gasteiger charge is -2.30. The fraction of sp³-hybridized carbons (Fsp3) is 0.875. The summed E-state index contributed by atoms with van der Waals surface area (Å²) in [5.41, 5.74) is 0. The molecule has 0 amide bonds. The highest BCUT2D eigenvalue weighted by Gasteiger charge is 2.33. The Bertz CT molecular complexity index is 95.1. The van der Waals surface area contributed by atoms with Gasteiger partial charge in [-0.05, 0) is 32.7 Å². The van der Waals surface area contributed by atoms with Gasteiger partial charge in [0.2, 0.25) is 0 Å². The molecule has 51 valence electrons. The average Bonchev–Trinajstić information content (AvgIpc) is 2.19. The first-order chi connectivity index (χ1) is 4.38. The predicted octanol–water partition coefficient (Wildman–Crippen LogP) is 1.45. The topological polar surface area (TPSA) is 3.24 Å². The van der Waals surface area contributed by atoms with E-state index < -0.39 is 0 Å². The van der Waals surface area contributed by atoms with E-state index in [4.69, 9.17) is 0 Å². The first-order valence-electron chi connectivity index (χ1n) is 3.93. The second-order valence-corrected chi connectivity index (χ2v) is 3.29. The summed E-state index contributed by atoms with van der Waals surface area (Å²) in [4.78, 5) is 2.53. The Morgan fingerprint density at radius 3 is 3.00 bits per heavy atom. The van der Waals surface area contributed by atoms with Crippen molar-refractivity contribution in [1.29, 1.82) is 0 Å². The monoisotopic (exact) mass is 124 g/mol. The second kappa shape index (κ2) is 1.98. The molecule has 2 rings (SSSR count). The molecule has 2 atom stereocenters. The maximum atomic E-state index is 2.53. The van der Waals surface area contributed by atoms with Crippen molar-refractivity contribution in [3.63, 3.8) is 0 Å². The van der Waals surface area contributed by atoms with Gasteiger partial charge in [0.15, 0.2) is 0 Å². The van der Waals surface area contributed by atoms with Gasteiger partial charge in [-0.2, -0.15) is 0 Å². The largest absolute Gasteiger partial charge is 0.300 e. The van der Waals surface area contributed by atoms with E-state index in [1.54, 1.807) is 0 Å². The van der Waals surface area contributed by atoms with Crippen LogP contribution in [0.15, 0.2) is 0 Å². The summed E-state index contributed by atoms with van der Waals surface area (Å²) in [5.74, 6) is 0. The Morgan fingerprint density at radius 2 is 2.33 bits per heavy atom. The van der Waals surface area contributed by atoms with Gasteiger partial charge in [-0.1, -0.05) is 6.42 Å². The number of rotatable bonds is 0. The second-order valence-electron chi connectivity index (χ2n) is 3.29. The van der Waals surface area contributed by atoms with Gasteiger partial charge in [0.05, 0.1) is 0 Å². The zero-order valence-electron chi connectivity index (χ0n) is 6.01. The first kappa shape index (κ1) is 5.72. The van der Waals surface area contributed by atoms with Gasteiger partial charge in [0, 0.05) is 12.1 Å². The molecule has 0 N–H and O–H groups in total. The SMILES string of the molecule is CN1C2[CH]CC1CCC2. The molecule has 0 aliphatic carbocycles. The van der Waals surface area contributed by atoms with Crippen molar-refractivity contribution in [3.05, 3.63) is 6.42 Å². The summed E-state index contributed by atoms with van der Waals surface area (Å²) in [5, 5.41) is 0. The van der Waals surface area contributed by atoms with Crippen LogP contribution in [0.3, 0.4) is 0 Å². The minimum Gasteiger partial charge on any atom is -0.300 e. The van der Waals surface area contributed by atoms with Crippen molar-refractivity contribution < 1.29 is 0 Å². The van der Waals surface area contributed by atoms with Crippen LogP contribution < -0.4 is 0 Å². The lowest BCUT2D eigenvalue weighted by molar-refractivity contribution is 0.185. The van der Waals surface area contributed by atoms with Crippen LogP contribution in [0.2, 0.25) is 0 Å². The van der Waals surface area contributed by atoms with Crippen molar-refractivity contribution in [3.8, 4) is 0 Å². The van der Waals surface area contributed by atoms with Crippen LogP contribution in [-0.2, 0) is 0 Å².